The van der Waals surface area contributed by atoms with Crippen molar-refractivity contribution >= 4 is 22.8 Å². The molecule has 2 aromatic carbocycles. The van der Waals surface area contributed by atoms with E-state index in [1.54, 1.807) is 33.8 Å². The van der Waals surface area contributed by atoms with E-state index in [0.717, 1.165) is 31.0 Å². The molecular weight excluding hydrogens is 480 g/mol. The van der Waals surface area contributed by atoms with E-state index in [-0.39, 0.29) is 23.2 Å². The molecule has 5 rings (SSSR count). The van der Waals surface area contributed by atoms with Crippen LogP contribution < -0.4 is 10.5 Å². The van der Waals surface area contributed by atoms with Crippen molar-refractivity contribution in [3.05, 3.63) is 72.6 Å². The van der Waals surface area contributed by atoms with E-state index in [0.29, 0.717) is 41.1 Å². The number of amides is 1. The number of rotatable bonds is 5. The number of hydrogen-bond acceptors (Lipinski definition) is 7. The van der Waals surface area contributed by atoms with Gasteiger partial charge >= 0.3 is 0 Å². The van der Waals surface area contributed by atoms with Gasteiger partial charge in [-0.15, -0.1) is 0 Å². The molecule has 1 aliphatic heterocycles. The van der Waals surface area contributed by atoms with E-state index in [4.69, 9.17) is 20.8 Å². The lowest BCUT2D eigenvalue weighted by Crippen LogP contribution is -2.41. The van der Waals surface area contributed by atoms with Crippen LogP contribution in [0, 0.1) is 23.0 Å². The number of ether oxygens (including phenoxy) is 1. The summed E-state index contributed by atoms with van der Waals surface area (Å²) in [5, 5.41) is 14.4. The molecule has 9 nitrogen and oxygen atoms in total. The minimum atomic E-state index is -0.682. The van der Waals surface area contributed by atoms with Crippen molar-refractivity contribution in [3.8, 4) is 28.8 Å². The largest absolute Gasteiger partial charge is 0.454 e. The third-order valence-electron chi connectivity index (χ3n) is 6.19. The third kappa shape index (κ3) is 4.56. The summed E-state index contributed by atoms with van der Waals surface area (Å²) in [5.41, 5.74) is 7.83. The molecule has 1 aliphatic rings. The lowest BCUT2D eigenvalue weighted by atomic mass is 10.0. The highest BCUT2D eigenvalue weighted by Gasteiger charge is 2.29. The molecule has 1 fully saturated rings. The second kappa shape index (κ2) is 9.66. The van der Waals surface area contributed by atoms with Gasteiger partial charge in [0.1, 0.15) is 41.0 Å². The number of nitrogen functional groups attached to an aromatic ring is 1. The van der Waals surface area contributed by atoms with Crippen LogP contribution in [0.2, 0.25) is 0 Å². The number of carbonyl (C=O) groups is 1. The SMILES string of the molecule is C=C(C#N)C(=O)N1CCC[C@@H](n2nc(-c3ccc(Oc4cc(F)ccc4F)cc3)c3c(N)ncnc32)C1. The Kier molecular flexibility index (Phi) is 6.23. The first-order valence-corrected chi connectivity index (χ1v) is 11.5. The number of nitrogens with two attached hydrogens (primary N) is 1. The second-order valence-electron chi connectivity index (χ2n) is 8.59. The molecule has 11 heteroatoms. The molecule has 0 unspecified atom stereocenters. The van der Waals surface area contributed by atoms with Gasteiger partial charge in [-0.3, -0.25) is 4.79 Å². The number of halogens is 2. The number of fused-ring (bicyclic) bond motifs is 1. The Morgan fingerprint density at radius 1 is 1.19 bits per heavy atom. The van der Waals surface area contributed by atoms with Gasteiger partial charge in [-0.1, -0.05) is 6.58 Å². The van der Waals surface area contributed by atoms with Gasteiger partial charge in [0.25, 0.3) is 5.91 Å². The summed E-state index contributed by atoms with van der Waals surface area (Å²) in [4.78, 5) is 22.6. The smallest absolute Gasteiger partial charge is 0.263 e. The highest BCUT2D eigenvalue weighted by molar-refractivity contribution is 5.98. The zero-order valence-electron chi connectivity index (χ0n) is 19.6. The molecule has 37 heavy (non-hydrogen) atoms. The molecule has 3 heterocycles. The van der Waals surface area contributed by atoms with Crippen LogP contribution in [0.3, 0.4) is 0 Å². The Labute approximate surface area is 210 Å². The van der Waals surface area contributed by atoms with Crippen LogP contribution in [0.25, 0.3) is 22.3 Å². The van der Waals surface area contributed by atoms with E-state index in [2.05, 4.69) is 16.5 Å². The van der Waals surface area contributed by atoms with Crippen molar-refractivity contribution in [2.45, 2.75) is 18.9 Å². The second-order valence-corrected chi connectivity index (χ2v) is 8.59. The Bertz CT molecular complexity index is 1560. The van der Waals surface area contributed by atoms with E-state index in [1.807, 2.05) is 6.07 Å². The molecule has 1 atom stereocenters. The molecular formula is C26H21F2N7O2. The van der Waals surface area contributed by atoms with Gasteiger partial charge in [-0.2, -0.15) is 10.4 Å². The van der Waals surface area contributed by atoms with Crippen LogP contribution in [0.1, 0.15) is 18.9 Å². The van der Waals surface area contributed by atoms with E-state index < -0.39 is 17.5 Å². The maximum atomic E-state index is 14.0. The van der Waals surface area contributed by atoms with Crippen molar-refractivity contribution in [3.63, 3.8) is 0 Å². The zero-order valence-corrected chi connectivity index (χ0v) is 19.6. The summed E-state index contributed by atoms with van der Waals surface area (Å²) in [6, 6.07) is 11.3. The maximum Gasteiger partial charge on any atom is 0.263 e. The fraction of sp³-hybridized carbons (Fsp3) is 0.192. The Hall–Kier alpha value is -4.85. The van der Waals surface area contributed by atoms with E-state index >= 15 is 0 Å². The quantitative estimate of drug-likeness (QED) is 0.318. The number of piperidine rings is 1. The first-order valence-electron chi connectivity index (χ1n) is 11.5. The Balaban J connectivity index is 1.48. The molecule has 1 saturated heterocycles. The van der Waals surface area contributed by atoms with E-state index in [9.17, 15) is 13.6 Å². The van der Waals surface area contributed by atoms with Crippen molar-refractivity contribution in [1.29, 1.82) is 5.26 Å². The van der Waals surface area contributed by atoms with Crippen LogP contribution in [0.15, 0.2) is 60.9 Å². The first-order chi connectivity index (χ1) is 17.9. The standard InChI is InChI=1S/C26H21F2N7O2/c1-15(12-29)26(36)34-10-2-3-18(13-34)35-25-22(24(30)31-14-32-25)23(33-35)16-4-7-19(8-5-16)37-21-11-17(27)6-9-20(21)28/h4-9,11,14,18H,1-3,10,13H2,(H2,30,31,32)/t18-/m1/s1. The number of nitrogens with zero attached hydrogens (tertiary/aromatic N) is 6. The highest BCUT2D eigenvalue weighted by atomic mass is 19.1. The van der Waals surface area contributed by atoms with Crippen molar-refractivity contribution < 1.29 is 18.3 Å². The minimum absolute atomic E-state index is 0.112. The van der Waals surface area contributed by atoms with Gasteiger partial charge in [0, 0.05) is 24.7 Å². The van der Waals surface area contributed by atoms with Gasteiger partial charge in [0.15, 0.2) is 17.2 Å². The van der Waals surface area contributed by atoms with Gasteiger partial charge in [0.05, 0.1) is 11.4 Å². The zero-order chi connectivity index (χ0) is 26.1. The average molecular weight is 501 g/mol. The minimum Gasteiger partial charge on any atom is -0.454 e. The molecule has 2 aromatic heterocycles. The van der Waals surface area contributed by atoms with Gasteiger partial charge in [-0.05, 0) is 49.2 Å². The molecule has 2 N–H and O–H groups in total. The number of hydrogen-bond donors (Lipinski definition) is 1. The topological polar surface area (TPSA) is 123 Å². The number of anilines is 1. The predicted octanol–water partition coefficient (Wildman–Crippen LogP) is 4.39. The first kappa shape index (κ1) is 23.9. The summed E-state index contributed by atoms with van der Waals surface area (Å²) < 4.78 is 34.7. The van der Waals surface area contributed by atoms with Crippen molar-refractivity contribution in [1.82, 2.24) is 24.6 Å². The monoisotopic (exact) mass is 501 g/mol. The summed E-state index contributed by atoms with van der Waals surface area (Å²) in [6.45, 7) is 4.39. The Morgan fingerprint density at radius 3 is 2.73 bits per heavy atom. The van der Waals surface area contributed by atoms with Crippen molar-refractivity contribution in [2.24, 2.45) is 0 Å². The molecule has 0 saturated carbocycles. The number of likely N-dealkylation sites (tertiary alicyclic amines) is 1. The summed E-state index contributed by atoms with van der Waals surface area (Å²) in [6.07, 6.45) is 2.82. The molecule has 4 aromatic rings. The van der Waals surface area contributed by atoms with Gasteiger partial charge in [-0.25, -0.2) is 23.4 Å². The fourth-order valence-electron chi connectivity index (χ4n) is 4.39. The van der Waals surface area contributed by atoms with Crippen LogP contribution in [0.4, 0.5) is 14.6 Å². The van der Waals surface area contributed by atoms with Crippen molar-refractivity contribution in [2.75, 3.05) is 18.8 Å². The number of nitriles is 1. The van der Waals surface area contributed by atoms with Crippen LogP contribution >= 0.6 is 0 Å². The lowest BCUT2D eigenvalue weighted by Gasteiger charge is -2.32. The summed E-state index contributed by atoms with van der Waals surface area (Å²) in [7, 11) is 0. The predicted molar refractivity (Wildman–Crippen MR) is 131 cm³/mol. The van der Waals surface area contributed by atoms with Gasteiger partial charge < -0.3 is 15.4 Å². The molecule has 0 aliphatic carbocycles. The summed E-state index contributed by atoms with van der Waals surface area (Å²) in [5.74, 6) is -1.37. The molecule has 0 radical (unpaired) electrons. The number of benzene rings is 2. The lowest BCUT2D eigenvalue weighted by molar-refractivity contribution is -0.128. The number of aromatic nitrogens is 4. The Morgan fingerprint density at radius 2 is 1.97 bits per heavy atom. The van der Waals surface area contributed by atoms with E-state index in [1.165, 1.54) is 6.33 Å². The normalized spacial score (nSPS) is 15.4. The van der Waals surface area contributed by atoms with Crippen LogP contribution in [0.5, 0.6) is 11.5 Å². The molecule has 186 valence electrons. The number of carbonyl (C=O) groups excluding carboxylic acids is 1. The highest BCUT2D eigenvalue weighted by Crippen LogP contribution is 2.35. The maximum absolute atomic E-state index is 14.0. The molecule has 0 bridgehead atoms. The van der Waals surface area contributed by atoms with Gasteiger partial charge in [0.2, 0.25) is 0 Å². The van der Waals surface area contributed by atoms with Crippen LogP contribution in [-0.4, -0.2) is 43.6 Å². The molecule has 1 amide bonds. The van der Waals surface area contributed by atoms with Crippen LogP contribution in [-0.2, 0) is 4.79 Å². The third-order valence-corrected chi connectivity index (χ3v) is 6.19. The average Bonchev–Trinajstić information content (AvgIpc) is 3.31. The summed E-state index contributed by atoms with van der Waals surface area (Å²) >= 11 is 0. The fourth-order valence-corrected chi connectivity index (χ4v) is 4.39. The molecule has 0 spiro atoms.